The van der Waals surface area contributed by atoms with Crippen LogP contribution in [-0.4, -0.2) is 40.0 Å². The van der Waals surface area contributed by atoms with E-state index >= 15 is 0 Å². The molecule has 1 aliphatic rings. The van der Waals surface area contributed by atoms with Crippen LogP contribution in [-0.2, 0) is 6.42 Å². The predicted molar refractivity (Wildman–Crippen MR) is 104 cm³/mol. The van der Waals surface area contributed by atoms with Gasteiger partial charge < -0.3 is 29.2 Å². The van der Waals surface area contributed by atoms with Crippen LogP contribution in [0, 0.1) is 0 Å². The lowest BCUT2D eigenvalue weighted by molar-refractivity contribution is 0.323. The van der Waals surface area contributed by atoms with Gasteiger partial charge in [-0.1, -0.05) is 0 Å². The van der Waals surface area contributed by atoms with Gasteiger partial charge in [0.1, 0.15) is 5.75 Å². The minimum Gasteiger partial charge on any atom is -0.497 e. The normalized spacial score (nSPS) is 16.1. The molecule has 27 heavy (non-hydrogen) atoms. The van der Waals surface area contributed by atoms with Crippen molar-refractivity contribution in [3.63, 3.8) is 0 Å². The second-order valence-electron chi connectivity index (χ2n) is 6.52. The molecule has 1 atom stereocenters. The van der Waals surface area contributed by atoms with Gasteiger partial charge in [-0.05, 0) is 47.9 Å². The Bertz CT molecular complexity index is 955. The Kier molecular flexibility index (Phi) is 4.58. The minimum absolute atomic E-state index is 0.0147. The largest absolute Gasteiger partial charge is 0.497 e. The fourth-order valence-corrected chi connectivity index (χ4v) is 3.89. The van der Waals surface area contributed by atoms with E-state index in [2.05, 4.69) is 22.4 Å². The summed E-state index contributed by atoms with van der Waals surface area (Å²) < 4.78 is 21.9. The molecule has 0 spiro atoms. The lowest BCUT2D eigenvalue weighted by Gasteiger charge is -2.26. The van der Waals surface area contributed by atoms with Crippen LogP contribution in [0.4, 0.5) is 0 Å². The molecule has 2 heterocycles. The van der Waals surface area contributed by atoms with E-state index in [0.29, 0.717) is 17.2 Å². The van der Waals surface area contributed by atoms with Crippen LogP contribution in [0.5, 0.6) is 23.0 Å². The van der Waals surface area contributed by atoms with Gasteiger partial charge in [-0.25, -0.2) is 0 Å². The molecule has 0 unspecified atom stereocenters. The second-order valence-corrected chi connectivity index (χ2v) is 6.52. The molecule has 0 amide bonds. The highest BCUT2D eigenvalue weighted by atomic mass is 16.5. The molecular weight excluding hydrogens is 344 g/mol. The Balaban J connectivity index is 1.85. The highest BCUT2D eigenvalue weighted by molar-refractivity contribution is 5.86. The fourth-order valence-electron chi connectivity index (χ4n) is 3.89. The third-order valence-corrected chi connectivity index (χ3v) is 5.18. The maximum absolute atomic E-state index is 5.53. The maximum Gasteiger partial charge on any atom is 0.203 e. The Labute approximate surface area is 158 Å². The number of aromatic nitrogens is 1. The predicted octanol–water partition coefficient (Wildman–Crippen LogP) is 3.44. The smallest absolute Gasteiger partial charge is 0.203 e. The molecule has 0 aliphatic carbocycles. The summed E-state index contributed by atoms with van der Waals surface area (Å²) in [4.78, 5) is 3.59. The van der Waals surface area contributed by atoms with E-state index in [1.807, 2.05) is 18.2 Å². The molecule has 6 nitrogen and oxygen atoms in total. The number of nitrogens with one attached hydrogen (secondary N) is 2. The number of benzene rings is 2. The van der Waals surface area contributed by atoms with Crippen molar-refractivity contribution in [3.8, 4) is 23.0 Å². The van der Waals surface area contributed by atoms with Gasteiger partial charge in [0.2, 0.25) is 5.75 Å². The minimum atomic E-state index is 0.0147. The summed E-state index contributed by atoms with van der Waals surface area (Å²) in [5.41, 5.74) is 4.66. The Morgan fingerprint density at radius 3 is 2.26 bits per heavy atom. The molecular formula is C21H24N2O4. The van der Waals surface area contributed by atoms with Crippen LogP contribution < -0.4 is 24.3 Å². The molecule has 6 heteroatoms. The van der Waals surface area contributed by atoms with E-state index in [1.54, 1.807) is 28.4 Å². The number of aromatic amines is 1. The fraction of sp³-hybridized carbons (Fsp3) is 0.333. The van der Waals surface area contributed by atoms with Crippen molar-refractivity contribution in [2.24, 2.45) is 0 Å². The first kappa shape index (κ1) is 17.5. The van der Waals surface area contributed by atoms with Crippen LogP contribution in [0.1, 0.15) is 22.9 Å². The summed E-state index contributed by atoms with van der Waals surface area (Å²) in [6.45, 7) is 0.887. The van der Waals surface area contributed by atoms with Crippen LogP contribution in [0.25, 0.3) is 10.9 Å². The summed E-state index contributed by atoms with van der Waals surface area (Å²) >= 11 is 0. The molecule has 4 rings (SSSR count). The maximum atomic E-state index is 5.53. The van der Waals surface area contributed by atoms with Crippen LogP contribution in [0.2, 0.25) is 0 Å². The Morgan fingerprint density at radius 2 is 1.63 bits per heavy atom. The number of hydrogen-bond acceptors (Lipinski definition) is 5. The third-order valence-electron chi connectivity index (χ3n) is 5.18. The molecule has 0 fully saturated rings. The Hall–Kier alpha value is -2.86. The number of fused-ring (bicyclic) bond motifs is 3. The number of rotatable bonds is 5. The summed E-state index contributed by atoms with van der Waals surface area (Å²) in [5, 5.41) is 4.82. The van der Waals surface area contributed by atoms with Crippen molar-refractivity contribution in [1.82, 2.24) is 10.3 Å². The lowest BCUT2D eigenvalue weighted by atomic mass is 9.94. The number of hydrogen-bond donors (Lipinski definition) is 2. The van der Waals surface area contributed by atoms with Gasteiger partial charge in [0.15, 0.2) is 11.5 Å². The van der Waals surface area contributed by atoms with Crippen molar-refractivity contribution in [2.45, 2.75) is 12.5 Å². The molecule has 1 aromatic heterocycles. The van der Waals surface area contributed by atoms with E-state index < -0.39 is 0 Å². The van der Waals surface area contributed by atoms with Gasteiger partial charge >= 0.3 is 0 Å². The number of methoxy groups -OCH3 is 4. The lowest BCUT2D eigenvalue weighted by Crippen LogP contribution is -2.30. The zero-order valence-electron chi connectivity index (χ0n) is 16.0. The van der Waals surface area contributed by atoms with Crippen LogP contribution >= 0.6 is 0 Å². The summed E-state index contributed by atoms with van der Waals surface area (Å²) in [5.74, 6) is 2.77. The quantitative estimate of drug-likeness (QED) is 0.722. The average molecular weight is 368 g/mol. The van der Waals surface area contributed by atoms with Crippen molar-refractivity contribution < 1.29 is 18.9 Å². The molecule has 0 radical (unpaired) electrons. The van der Waals surface area contributed by atoms with E-state index in [-0.39, 0.29) is 6.04 Å². The standard InChI is InChI=1S/C21H24N2O4/c1-24-13-5-6-16-15(11-13)14-7-8-22-19(20(14)23-16)12-9-17(25-2)21(27-4)18(10-12)26-3/h5-6,9-11,19,22-23H,7-8H2,1-4H3/t19-/m1/s1. The van der Waals surface area contributed by atoms with E-state index in [4.69, 9.17) is 18.9 Å². The average Bonchev–Trinajstić information content (AvgIpc) is 3.10. The number of H-pyrrole nitrogens is 1. The van der Waals surface area contributed by atoms with Crippen molar-refractivity contribution in [2.75, 3.05) is 35.0 Å². The molecule has 3 aromatic rings. The first-order chi connectivity index (χ1) is 13.2. The third kappa shape index (κ3) is 2.86. The Morgan fingerprint density at radius 1 is 0.889 bits per heavy atom. The number of ether oxygens (including phenoxy) is 4. The first-order valence-corrected chi connectivity index (χ1v) is 8.92. The zero-order chi connectivity index (χ0) is 19.0. The van der Waals surface area contributed by atoms with Crippen molar-refractivity contribution in [1.29, 1.82) is 0 Å². The molecule has 0 saturated carbocycles. The summed E-state index contributed by atoms with van der Waals surface area (Å²) in [6.07, 6.45) is 0.962. The van der Waals surface area contributed by atoms with E-state index in [0.717, 1.165) is 29.8 Å². The SMILES string of the molecule is COc1ccc2[nH]c3c(c2c1)CCN[C@@H]3c1cc(OC)c(OC)c(OC)c1. The van der Waals surface area contributed by atoms with Gasteiger partial charge in [0.05, 0.1) is 34.5 Å². The van der Waals surface area contributed by atoms with Crippen LogP contribution in [0.3, 0.4) is 0 Å². The highest BCUT2D eigenvalue weighted by Gasteiger charge is 2.27. The molecule has 2 aromatic carbocycles. The van der Waals surface area contributed by atoms with Crippen molar-refractivity contribution in [3.05, 3.63) is 47.2 Å². The van der Waals surface area contributed by atoms with E-state index in [9.17, 15) is 0 Å². The van der Waals surface area contributed by atoms with Gasteiger partial charge in [-0.15, -0.1) is 0 Å². The highest BCUT2D eigenvalue weighted by Crippen LogP contribution is 2.42. The van der Waals surface area contributed by atoms with Gasteiger partial charge in [-0.2, -0.15) is 0 Å². The van der Waals surface area contributed by atoms with Gasteiger partial charge in [0.25, 0.3) is 0 Å². The topological polar surface area (TPSA) is 64.7 Å². The molecule has 2 N–H and O–H groups in total. The molecule has 0 saturated heterocycles. The zero-order valence-corrected chi connectivity index (χ0v) is 16.0. The summed E-state index contributed by atoms with van der Waals surface area (Å²) in [6, 6.07) is 10.2. The summed E-state index contributed by atoms with van der Waals surface area (Å²) in [7, 11) is 6.58. The molecule has 1 aliphatic heterocycles. The molecule has 0 bridgehead atoms. The van der Waals surface area contributed by atoms with Gasteiger partial charge in [0, 0.05) is 23.1 Å². The van der Waals surface area contributed by atoms with E-state index in [1.165, 1.54) is 16.6 Å². The van der Waals surface area contributed by atoms with Crippen LogP contribution in [0.15, 0.2) is 30.3 Å². The van der Waals surface area contributed by atoms with Gasteiger partial charge in [-0.3, -0.25) is 0 Å². The molecule has 142 valence electrons. The monoisotopic (exact) mass is 368 g/mol. The first-order valence-electron chi connectivity index (χ1n) is 8.92. The second kappa shape index (κ2) is 7.04. The van der Waals surface area contributed by atoms with Crippen molar-refractivity contribution >= 4 is 10.9 Å².